The van der Waals surface area contributed by atoms with Crippen LogP contribution in [-0.4, -0.2) is 0 Å². The Balaban J connectivity index is 0.678. The van der Waals surface area contributed by atoms with Gasteiger partial charge in [-0.05, 0) is 199 Å². The molecular weight excluding hydrogens is 1260 g/mol. The van der Waals surface area contributed by atoms with E-state index in [9.17, 15) is 0 Å². The Morgan fingerprint density at radius 3 is 1.10 bits per heavy atom. The molecule has 4 heterocycles. The summed E-state index contributed by atoms with van der Waals surface area (Å²) in [5.74, 6) is 0. The molecule has 0 saturated heterocycles. The summed E-state index contributed by atoms with van der Waals surface area (Å²) >= 11 is 7.46. The van der Waals surface area contributed by atoms with Crippen LogP contribution < -0.4 is 9.80 Å². The van der Waals surface area contributed by atoms with Crippen molar-refractivity contribution in [2.24, 2.45) is 0 Å². The van der Waals surface area contributed by atoms with Crippen LogP contribution in [-0.2, 0) is 0 Å². The largest absolute Gasteiger partial charge is 0.310 e. The second-order valence-electron chi connectivity index (χ2n) is 25.5. The Hall–Kier alpha value is -11.5. The molecule has 0 N–H and O–H groups in total. The maximum absolute atomic E-state index is 2.46. The molecule has 98 heavy (non-hydrogen) atoms. The zero-order valence-electron chi connectivity index (χ0n) is 52.9. The van der Waals surface area contributed by atoms with Crippen LogP contribution in [0.4, 0.5) is 34.1 Å². The van der Waals surface area contributed by atoms with Gasteiger partial charge in [0.2, 0.25) is 0 Å². The molecule has 0 fully saturated rings. The fourth-order valence-electron chi connectivity index (χ4n) is 15.3. The van der Waals surface area contributed by atoms with Crippen LogP contribution in [0.25, 0.3) is 158 Å². The normalized spacial score (nSPS) is 11.9. The van der Waals surface area contributed by atoms with E-state index in [0.717, 1.165) is 39.7 Å². The number of anilines is 6. The molecule has 0 atom stereocenters. The Bertz CT molecular complexity index is 6610. The first-order valence-corrected chi connectivity index (χ1v) is 36.5. The number of fused-ring (bicyclic) bond motifs is 14. The fourth-order valence-corrected chi connectivity index (χ4v) is 19.8. The van der Waals surface area contributed by atoms with E-state index in [1.807, 2.05) is 45.3 Å². The Morgan fingerprint density at radius 1 is 0.163 bits per heavy atom. The Morgan fingerprint density at radius 2 is 0.500 bits per heavy atom. The molecule has 6 heteroatoms. The van der Waals surface area contributed by atoms with E-state index >= 15 is 0 Å². The summed E-state index contributed by atoms with van der Waals surface area (Å²) in [6.45, 7) is 0. The maximum atomic E-state index is 2.46. The summed E-state index contributed by atoms with van der Waals surface area (Å²) in [6.07, 6.45) is 0. The summed E-state index contributed by atoms with van der Waals surface area (Å²) in [5.41, 5.74) is 18.6. The second kappa shape index (κ2) is 23.1. The zero-order valence-corrected chi connectivity index (χ0v) is 56.1. The highest BCUT2D eigenvalue weighted by Crippen LogP contribution is 2.49. The van der Waals surface area contributed by atoms with Gasteiger partial charge in [-0.1, -0.05) is 218 Å². The minimum atomic E-state index is 1.09. The number of hydrogen-bond acceptors (Lipinski definition) is 6. The van der Waals surface area contributed by atoms with Crippen molar-refractivity contribution in [3.8, 4) is 55.6 Å². The van der Waals surface area contributed by atoms with Gasteiger partial charge in [-0.25, -0.2) is 0 Å². The van der Waals surface area contributed by atoms with Crippen molar-refractivity contribution in [2.75, 3.05) is 9.80 Å². The zero-order chi connectivity index (χ0) is 64.4. The highest BCUT2D eigenvalue weighted by molar-refractivity contribution is 7.27. The van der Waals surface area contributed by atoms with E-state index in [4.69, 9.17) is 0 Å². The van der Waals surface area contributed by atoms with Crippen molar-refractivity contribution in [2.45, 2.75) is 0 Å². The number of thiophene rings is 4. The first kappa shape index (κ1) is 56.8. The van der Waals surface area contributed by atoms with Gasteiger partial charge in [-0.15, -0.1) is 45.3 Å². The number of benzene rings is 16. The van der Waals surface area contributed by atoms with Gasteiger partial charge >= 0.3 is 0 Å². The quantitative estimate of drug-likeness (QED) is 0.127. The molecule has 0 aliphatic carbocycles. The smallest absolute Gasteiger partial charge is 0.0476 e. The standard InChI is InChI=1S/C92H56N2S4/c1-2-27-70-57(17-1)18-15-33-71(70)60-20-12-24-65(50-60)93(64-23-11-19-58(49-64)59-39-47-87-82(53-59)78-31-6-9-36-85(78)95-87)69-42-44-80-83-54-63(40-48-88(83)98-91(80)56-69)73-46-45-72(75-28-3-4-29-76(73)75)61-21-13-25-66(51-61)94(68-41-43-79-77-30-5-8-35-84(77)97-90(79)55-68)67-26-14-22-62(52-67)74-34-16-38-89-92(74)81-32-7-10-37-86(81)96-89/h1-56H. The van der Waals surface area contributed by atoms with Crippen LogP contribution in [0.5, 0.6) is 0 Å². The van der Waals surface area contributed by atoms with Crippen LogP contribution in [0.1, 0.15) is 0 Å². The summed E-state index contributed by atoms with van der Waals surface area (Å²) in [7, 11) is 0. The van der Waals surface area contributed by atoms with Crippen LogP contribution in [0.15, 0.2) is 340 Å². The Labute approximate surface area is 582 Å². The average molecular weight is 1320 g/mol. The first-order chi connectivity index (χ1) is 48.5. The van der Waals surface area contributed by atoms with Crippen molar-refractivity contribution in [1.29, 1.82) is 0 Å². The van der Waals surface area contributed by atoms with E-state index in [2.05, 4.69) is 350 Å². The number of nitrogens with zero attached hydrogens (tertiary/aromatic N) is 2. The first-order valence-electron chi connectivity index (χ1n) is 33.2. The van der Waals surface area contributed by atoms with E-state index < -0.39 is 0 Å². The molecule has 0 bridgehead atoms. The third-order valence-corrected chi connectivity index (χ3v) is 24.4. The molecule has 458 valence electrons. The minimum Gasteiger partial charge on any atom is -0.310 e. The predicted molar refractivity (Wildman–Crippen MR) is 430 cm³/mol. The van der Waals surface area contributed by atoms with Crippen molar-refractivity contribution < 1.29 is 0 Å². The summed E-state index contributed by atoms with van der Waals surface area (Å²) in [4.78, 5) is 4.90. The predicted octanol–water partition coefficient (Wildman–Crippen LogP) is 28.7. The third kappa shape index (κ3) is 9.55. The third-order valence-electron chi connectivity index (χ3n) is 19.8. The number of hydrogen-bond donors (Lipinski definition) is 0. The molecule has 20 aromatic rings. The van der Waals surface area contributed by atoms with Crippen LogP contribution in [0.3, 0.4) is 0 Å². The Kier molecular flexibility index (Phi) is 13.4. The molecule has 0 aliphatic heterocycles. The molecule has 16 aromatic carbocycles. The lowest BCUT2D eigenvalue weighted by Crippen LogP contribution is -2.10. The van der Waals surface area contributed by atoms with Crippen LogP contribution in [0, 0.1) is 0 Å². The van der Waals surface area contributed by atoms with Crippen molar-refractivity contribution in [1.82, 2.24) is 0 Å². The molecule has 4 aromatic heterocycles. The van der Waals surface area contributed by atoms with Crippen molar-refractivity contribution in [3.63, 3.8) is 0 Å². The van der Waals surface area contributed by atoms with Gasteiger partial charge in [-0.3, -0.25) is 0 Å². The van der Waals surface area contributed by atoms with E-state index in [1.165, 1.54) is 152 Å². The highest BCUT2D eigenvalue weighted by atomic mass is 32.1. The molecule has 0 radical (unpaired) electrons. The van der Waals surface area contributed by atoms with Gasteiger partial charge in [0.15, 0.2) is 0 Å². The molecule has 0 saturated carbocycles. The topological polar surface area (TPSA) is 6.48 Å². The van der Waals surface area contributed by atoms with Crippen LogP contribution >= 0.6 is 45.3 Å². The van der Waals surface area contributed by atoms with E-state index in [-0.39, 0.29) is 0 Å². The van der Waals surface area contributed by atoms with Crippen LogP contribution in [0.2, 0.25) is 0 Å². The van der Waals surface area contributed by atoms with Gasteiger partial charge in [0.25, 0.3) is 0 Å². The molecular formula is C92H56N2S4. The van der Waals surface area contributed by atoms with Gasteiger partial charge in [0, 0.05) is 115 Å². The molecule has 20 rings (SSSR count). The van der Waals surface area contributed by atoms with Gasteiger partial charge in [-0.2, -0.15) is 0 Å². The SMILES string of the molecule is c1cc(-c2ccc3sc4ccccc4c3c2)cc(N(c2cccc(-c3cccc4ccccc34)c2)c2ccc3c(c2)sc2ccc(-c4ccc(-c5cccc(N(c6cccc(-c7cccc8sc9ccccc9c78)c6)c6ccc7c(c6)sc6ccccc67)c5)c5ccccc45)cc23)c1. The van der Waals surface area contributed by atoms with Gasteiger partial charge in [0.05, 0.1) is 0 Å². The maximum Gasteiger partial charge on any atom is 0.0476 e. The fraction of sp³-hybridized carbons (Fsp3) is 0. The minimum absolute atomic E-state index is 1.09. The highest BCUT2D eigenvalue weighted by Gasteiger charge is 2.22. The van der Waals surface area contributed by atoms with E-state index in [0.29, 0.717) is 0 Å². The van der Waals surface area contributed by atoms with E-state index in [1.54, 1.807) is 0 Å². The van der Waals surface area contributed by atoms with Gasteiger partial charge < -0.3 is 9.80 Å². The summed E-state index contributed by atoms with van der Waals surface area (Å²) in [5, 5.41) is 15.2. The summed E-state index contributed by atoms with van der Waals surface area (Å²) in [6, 6.07) is 127. The summed E-state index contributed by atoms with van der Waals surface area (Å²) < 4.78 is 10.3. The lowest BCUT2D eigenvalue weighted by atomic mass is 9.91. The lowest BCUT2D eigenvalue weighted by molar-refractivity contribution is 1.29. The number of rotatable bonds is 11. The van der Waals surface area contributed by atoms with Gasteiger partial charge in [0.1, 0.15) is 0 Å². The second-order valence-corrected chi connectivity index (χ2v) is 29.8. The molecule has 0 unspecified atom stereocenters. The monoisotopic (exact) mass is 1320 g/mol. The van der Waals surface area contributed by atoms with Crippen molar-refractivity contribution in [3.05, 3.63) is 340 Å². The molecule has 2 nitrogen and oxygen atoms in total. The lowest BCUT2D eigenvalue weighted by Gasteiger charge is -2.27. The van der Waals surface area contributed by atoms with Crippen molar-refractivity contribution >= 4 is 182 Å². The molecule has 0 spiro atoms. The molecule has 0 amide bonds. The average Bonchev–Trinajstić information content (AvgIpc) is 1.48. The molecule has 0 aliphatic rings.